The molecular formula is C20H31N5O2. The number of hydrogen-bond acceptors (Lipinski definition) is 7. The fourth-order valence-corrected chi connectivity index (χ4v) is 2.91. The molecule has 0 aliphatic rings. The van der Waals surface area contributed by atoms with Crippen LogP contribution in [0.1, 0.15) is 27.7 Å². The van der Waals surface area contributed by atoms with E-state index in [1.807, 2.05) is 18.2 Å². The van der Waals surface area contributed by atoms with Crippen molar-refractivity contribution in [2.24, 2.45) is 11.8 Å². The zero-order valence-electron chi connectivity index (χ0n) is 17.1. The van der Waals surface area contributed by atoms with Crippen molar-refractivity contribution in [3.63, 3.8) is 0 Å². The van der Waals surface area contributed by atoms with Crippen molar-refractivity contribution in [1.29, 1.82) is 0 Å². The first kappa shape index (κ1) is 20.6. The quantitative estimate of drug-likeness (QED) is 0.688. The maximum absolute atomic E-state index is 6.44. The molecule has 3 N–H and O–H groups in total. The Hall–Kier alpha value is -2.70. The van der Waals surface area contributed by atoms with E-state index in [2.05, 4.69) is 47.9 Å². The van der Waals surface area contributed by atoms with Crippen LogP contribution >= 0.6 is 0 Å². The van der Waals surface area contributed by atoms with E-state index in [1.165, 1.54) is 6.33 Å². The fourth-order valence-electron chi connectivity index (χ4n) is 2.91. The molecule has 2 rings (SSSR count). The van der Waals surface area contributed by atoms with Crippen LogP contribution in [-0.2, 0) is 0 Å². The third-order valence-electron chi connectivity index (χ3n) is 3.99. The molecule has 0 radical (unpaired) electrons. The van der Waals surface area contributed by atoms with Crippen LogP contribution in [0.5, 0.6) is 11.5 Å². The second kappa shape index (κ2) is 9.30. The summed E-state index contributed by atoms with van der Waals surface area (Å²) >= 11 is 0. The molecular weight excluding hydrogens is 342 g/mol. The summed E-state index contributed by atoms with van der Waals surface area (Å²) in [6.07, 6.45) is 1.54. The standard InChI is InChI=1S/C20H31N5O2/c1-13(2)10-25(11-14(3)4)20-18(21)19(22-12-23-20)24-16-9-15(26-5)7-8-17(16)27-6/h7-9,12-14H,10-11,21H2,1-6H3,(H,22,23,24). The summed E-state index contributed by atoms with van der Waals surface area (Å²) in [7, 11) is 3.24. The Bertz CT molecular complexity index is 739. The number of nitrogens with zero attached hydrogens (tertiary/aromatic N) is 3. The van der Waals surface area contributed by atoms with Crippen molar-refractivity contribution in [2.45, 2.75) is 27.7 Å². The van der Waals surface area contributed by atoms with Crippen molar-refractivity contribution >= 4 is 23.0 Å². The first-order valence-corrected chi connectivity index (χ1v) is 9.20. The minimum atomic E-state index is 0.494. The van der Waals surface area contributed by atoms with E-state index >= 15 is 0 Å². The van der Waals surface area contributed by atoms with E-state index in [-0.39, 0.29) is 0 Å². The third kappa shape index (κ3) is 5.39. The number of rotatable bonds is 9. The molecule has 2 aromatic rings. The summed E-state index contributed by atoms with van der Waals surface area (Å²) in [5.74, 6) is 3.67. The number of ether oxygens (including phenoxy) is 2. The lowest BCUT2D eigenvalue weighted by Crippen LogP contribution is -2.32. The van der Waals surface area contributed by atoms with Crippen molar-refractivity contribution in [3.05, 3.63) is 24.5 Å². The lowest BCUT2D eigenvalue weighted by molar-refractivity contribution is 0.405. The van der Waals surface area contributed by atoms with Crippen LogP contribution < -0.4 is 25.4 Å². The molecule has 0 atom stereocenters. The number of nitrogens with one attached hydrogen (secondary N) is 1. The summed E-state index contributed by atoms with van der Waals surface area (Å²) in [5, 5.41) is 3.26. The van der Waals surface area contributed by atoms with Crippen LogP contribution in [0.25, 0.3) is 0 Å². The molecule has 148 valence electrons. The fraction of sp³-hybridized carbons (Fsp3) is 0.500. The summed E-state index contributed by atoms with van der Waals surface area (Å²) in [6, 6.07) is 5.52. The SMILES string of the molecule is COc1ccc(OC)c(Nc2ncnc(N(CC(C)C)CC(C)C)c2N)c1. The number of nitrogens with two attached hydrogens (primary N) is 1. The Morgan fingerprint density at radius 1 is 1.04 bits per heavy atom. The monoisotopic (exact) mass is 373 g/mol. The van der Waals surface area contributed by atoms with Gasteiger partial charge in [0.15, 0.2) is 11.6 Å². The molecule has 1 aromatic carbocycles. The number of hydrogen-bond donors (Lipinski definition) is 2. The summed E-state index contributed by atoms with van der Waals surface area (Å²) in [4.78, 5) is 11.0. The number of benzene rings is 1. The van der Waals surface area contributed by atoms with Gasteiger partial charge >= 0.3 is 0 Å². The normalized spacial score (nSPS) is 11.0. The molecule has 0 spiro atoms. The van der Waals surface area contributed by atoms with Gasteiger partial charge in [-0.1, -0.05) is 27.7 Å². The Labute approximate surface area is 161 Å². The van der Waals surface area contributed by atoms with Gasteiger partial charge < -0.3 is 25.4 Å². The van der Waals surface area contributed by atoms with E-state index in [0.717, 1.165) is 24.6 Å². The predicted octanol–water partition coefficient (Wildman–Crippen LogP) is 3.94. The number of aromatic nitrogens is 2. The molecule has 0 unspecified atom stereocenters. The first-order chi connectivity index (χ1) is 12.8. The smallest absolute Gasteiger partial charge is 0.159 e. The molecule has 0 bridgehead atoms. The van der Waals surface area contributed by atoms with Crippen LogP contribution in [0.2, 0.25) is 0 Å². The lowest BCUT2D eigenvalue weighted by Gasteiger charge is -2.28. The number of anilines is 4. The molecule has 0 saturated heterocycles. The highest BCUT2D eigenvalue weighted by Gasteiger charge is 2.18. The minimum Gasteiger partial charge on any atom is -0.497 e. The molecule has 0 aliphatic heterocycles. The van der Waals surface area contributed by atoms with Gasteiger partial charge in [-0.3, -0.25) is 0 Å². The van der Waals surface area contributed by atoms with Gasteiger partial charge in [0.2, 0.25) is 0 Å². The van der Waals surface area contributed by atoms with E-state index in [4.69, 9.17) is 15.2 Å². The van der Waals surface area contributed by atoms with Crippen molar-refractivity contribution in [2.75, 3.05) is 43.3 Å². The van der Waals surface area contributed by atoms with E-state index in [9.17, 15) is 0 Å². The highest BCUT2D eigenvalue weighted by molar-refractivity contribution is 5.80. The third-order valence-corrected chi connectivity index (χ3v) is 3.99. The topological polar surface area (TPSA) is 85.5 Å². The van der Waals surface area contributed by atoms with Gasteiger partial charge in [-0.05, 0) is 24.0 Å². The zero-order chi connectivity index (χ0) is 20.0. The molecule has 0 saturated carbocycles. The summed E-state index contributed by atoms with van der Waals surface area (Å²) in [6.45, 7) is 10.5. The van der Waals surface area contributed by atoms with Crippen molar-refractivity contribution < 1.29 is 9.47 Å². The number of methoxy groups -OCH3 is 2. The van der Waals surface area contributed by atoms with Crippen LogP contribution in [-0.4, -0.2) is 37.3 Å². The molecule has 1 heterocycles. The van der Waals surface area contributed by atoms with Gasteiger partial charge in [0.1, 0.15) is 23.5 Å². The van der Waals surface area contributed by atoms with Crippen molar-refractivity contribution in [1.82, 2.24) is 9.97 Å². The maximum Gasteiger partial charge on any atom is 0.159 e. The highest BCUT2D eigenvalue weighted by Crippen LogP contribution is 2.35. The van der Waals surface area contributed by atoms with Gasteiger partial charge in [-0.2, -0.15) is 0 Å². The van der Waals surface area contributed by atoms with Crippen LogP contribution in [0.15, 0.2) is 24.5 Å². The zero-order valence-corrected chi connectivity index (χ0v) is 17.1. The Kier molecular flexibility index (Phi) is 7.10. The molecule has 1 aromatic heterocycles. The van der Waals surface area contributed by atoms with Gasteiger partial charge in [-0.15, -0.1) is 0 Å². The maximum atomic E-state index is 6.44. The van der Waals surface area contributed by atoms with Crippen LogP contribution in [0.3, 0.4) is 0 Å². The summed E-state index contributed by atoms with van der Waals surface area (Å²) in [5.41, 5.74) is 7.69. The second-order valence-electron chi connectivity index (χ2n) is 7.34. The molecule has 7 nitrogen and oxygen atoms in total. The van der Waals surface area contributed by atoms with E-state index < -0.39 is 0 Å². The van der Waals surface area contributed by atoms with E-state index in [1.54, 1.807) is 14.2 Å². The van der Waals surface area contributed by atoms with Gasteiger partial charge in [0.25, 0.3) is 0 Å². The largest absolute Gasteiger partial charge is 0.497 e. The highest BCUT2D eigenvalue weighted by atomic mass is 16.5. The van der Waals surface area contributed by atoms with Gasteiger partial charge in [0, 0.05) is 19.2 Å². The van der Waals surface area contributed by atoms with Gasteiger partial charge in [-0.25, -0.2) is 9.97 Å². The Morgan fingerprint density at radius 3 is 2.26 bits per heavy atom. The average Bonchev–Trinajstić information content (AvgIpc) is 2.62. The Balaban J connectivity index is 2.38. The molecule has 0 fully saturated rings. The van der Waals surface area contributed by atoms with Gasteiger partial charge in [0.05, 0.1) is 19.9 Å². The van der Waals surface area contributed by atoms with Crippen LogP contribution in [0.4, 0.5) is 23.0 Å². The number of nitrogen functional groups attached to an aromatic ring is 1. The summed E-state index contributed by atoms with van der Waals surface area (Å²) < 4.78 is 10.7. The van der Waals surface area contributed by atoms with E-state index in [0.29, 0.717) is 34.8 Å². The second-order valence-corrected chi connectivity index (χ2v) is 7.34. The van der Waals surface area contributed by atoms with Crippen LogP contribution in [0, 0.1) is 11.8 Å². The predicted molar refractivity (Wildman–Crippen MR) is 111 cm³/mol. The lowest BCUT2D eigenvalue weighted by atomic mass is 10.1. The average molecular weight is 374 g/mol. The molecule has 0 amide bonds. The molecule has 0 aliphatic carbocycles. The Morgan fingerprint density at radius 2 is 1.70 bits per heavy atom. The minimum absolute atomic E-state index is 0.494. The first-order valence-electron chi connectivity index (χ1n) is 9.20. The van der Waals surface area contributed by atoms with Crippen molar-refractivity contribution in [3.8, 4) is 11.5 Å². The molecule has 7 heteroatoms. The molecule has 27 heavy (non-hydrogen) atoms.